The Bertz CT molecular complexity index is 1180. The third-order valence-corrected chi connectivity index (χ3v) is 6.59. The van der Waals surface area contributed by atoms with Crippen molar-refractivity contribution in [1.82, 2.24) is 19.5 Å². The molecule has 4 N–H and O–H groups in total. The van der Waals surface area contributed by atoms with Gasteiger partial charge >= 0.3 is 0 Å². The molecule has 0 spiro atoms. The lowest BCUT2D eigenvalue weighted by atomic mass is 10.1. The van der Waals surface area contributed by atoms with E-state index in [2.05, 4.69) is 15.0 Å². The number of aliphatic hydroxyl groups excluding tert-OH is 1. The van der Waals surface area contributed by atoms with Crippen LogP contribution in [-0.2, 0) is 25.6 Å². The largest absolute Gasteiger partial charge is 0.386 e. The van der Waals surface area contributed by atoms with Crippen molar-refractivity contribution in [3.05, 3.63) is 39.6 Å². The number of benzene rings is 1. The molecule has 5 atom stereocenters. The lowest BCUT2D eigenvalue weighted by molar-refractivity contribution is -0.0515. The minimum Gasteiger partial charge on any atom is -0.386 e. The fourth-order valence-electron chi connectivity index (χ4n) is 3.55. The highest BCUT2D eigenvalue weighted by atomic mass is 35.5. The Morgan fingerprint density at radius 2 is 2.10 bits per heavy atom. The highest BCUT2D eigenvalue weighted by Crippen LogP contribution is 2.44. The number of nitrogens with zero attached hydrogens (tertiary/aromatic N) is 3. The van der Waals surface area contributed by atoms with Crippen LogP contribution >= 0.6 is 18.8 Å². The number of H-pyrrole nitrogens is 1. The average molecular weight is 456 g/mol. The summed E-state index contributed by atoms with van der Waals surface area (Å²) in [6, 6.07) is 6.88. The number of aromatic nitrogens is 4. The molecule has 152 valence electrons. The number of aliphatic hydroxyl groups is 1. The second-order valence-corrected chi connectivity index (χ2v) is 9.10. The van der Waals surface area contributed by atoms with Gasteiger partial charge in [-0.25, -0.2) is 4.98 Å². The van der Waals surface area contributed by atoms with E-state index in [1.807, 2.05) is 0 Å². The zero-order valence-electron chi connectivity index (χ0n) is 14.6. The fourth-order valence-corrected chi connectivity index (χ4v) is 5.10. The Kier molecular flexibility index (Phi) is 4.71. The van der Waals surface area contributed by atoms with E-state index < -0.39 is 37.2 Å². The van der Waals surface area contributed by atoms with E-state index in [9.17, 15) is 9.90 Å². The summed E-state index contributed by atoms with van der Waals surface area (Å²) in [5.41, 5.74) is 6.16. The normalized spacial score (nSPS) is 29.2. The lowest BCUT2D eigenvalue weighted by Crippen LogP contribution is -2.37. The number of aromatic amines is 1. The molecule has 2 aliphatic heterocycles. The van der Waals surface area contributed by atoms with Crippen LogP contribution in [-0.4, -0.2) is 49.5 Å². The number of hydrogen-bond acceptors (Lipinski definition) is 9. The SMILES string of the molecule is Nc1nc2c(nc(-c3ccc(Cl)cc3)n2[C@@H]2OC3CO[PH](=S)O[C@H]3C2O)c(=O)[nH]1. The first kappa shape index (κ1) is 19.1. The summed E-state index contributed by atoms with van der Waals surface area (Å²) in [7, 11) is -1.88. The zero-order valence-corrected chi connectivity index (χ0v) is 17.2. The molecule has 0 amide bonds. The van der Waals surface area contributed by atoms with Crippen molar-refractivity contribution >= 4 is 47.7 Å². The van der Waals surface area contributed by atoms with E-state index in [0.717, 1.165) is 0 Å². The highest BCUT2D eigenvalue weighted by molar-refractivity contribution is 8.00. The molecule has 2 aliphatic rings. The Morgan fingerprint density at radius 3 is 2.86 bits per heavy atom. The van der Waals surface area contributed by atoms with Crippen molar-refractivity contribution in [2.24, 2.45) is 0 Å². The fraction of sp³-hybridized carbons (Fsp3) is 0.312. The Balaban J connectivity index is 1.71. The van der Waals surface area contributed by atoms with Crippen molar-refractivity contribution in [3.63, 3.8) is 0 Å². The molecule has 1 aromatic carbocycles. The van der Waals surface area contributed by atoms with Gasteiger partial charge in [-0.05, 0) is 36.1 Å². The van der Waals surface area contributed by atoms with E-state index in [-0.39, 0.29) is 23.7 Å². The number of halogens is 1. The van der Waals surface area contributed by atoms with Crippen molar-refractivity contribution < 1.29 is 18.9 Å². The molecule has 3 unspecified atom stereocenters. The van der Waals surface area contributed by atoms with Gasteiger partial charge < -0.3 is 24.6 Å². The van der Waals surface area contributed by atoms with Gasteiger partial charge in [-0.1, -0.05) is 11.6 Å². The Hall–Kier alpha value is -1.85. The molecular weight excluding hydrogens is 441 g/mol. The zero-order chi connectivity index (χ0) is 20.3. The average Bonchev–Trinajstić information content (AvgIpc) is 3.21. The number of nitrogens with one attached hydrogen (secondary N) is 1. The molecule has 3 aromatic rings. The van der Waals surface area contributed by atoms with E-state index in [1.165, 1.54) is 0 Å². The molecule has 0 radical (unpaired) electrons. The maximum Gasteiger partial charge on any atom is 0.280 e. The first-order valence-corrected chi connectivity index (χ1v) is 11.5. The molecule has 0 aliphatic carbocycles. The minimum absolute atomic E-state index is 0.0695. The van der Waals surface area contributed by atoms with Gasteiger partial charge in [-0.2, -0.15) is 4.98 Å². The molecule has 10 nitrogen and oxygen atoms in total. The van der Waals surface area contributed by atoms with Gasteiger partial charge in [0.2, 0.25) is 5.95 Å². The summed E-state index contributed by atoms with van der Waals surface area (Å²) in [6.45, 7) is 0.217. The molecule has 2 aromatic heterocycles. The van der Waals surface area contributed by atoms with E-state index in [0.29, 0.717) is 16.4 Å². The molecule has 4 heterocycles. The van der Waals surface area contributed by atoms with Crippen molar-refractivity contribution in [1.29, 1.82) is 0 Å². The number of ether oxygens (including phenoxy) is 1. The number of anilines is 1. The van der Waals surface area contributed by atoms with Gasteiger partial charge in [0.15, 0.2) is 24.5 Å². The first-order valence-electron chi connectivity index (χ1n) is 8.63. The first-order chi connectivity index (χ1) is 13.9. The lowest BCUT2D eigenvalue weighted by Gasteiger charge is -2.26. The molecule has 0 saturated carbocycles. The molecule has 29 heavy (non-hydrogen) atoms. The third-order valence-electron chi connectivity index (χ3n) is 4.83. The van der Waals surface area contributed by atoms with Crippen LogP contribution in [0.1, 0.15) is 6.23 Å². The van der Waals surface area contributed by atoms with Crippen molar-refractivity contribution in [2.45, 2.75) is 24.5 Å². The number of imidazole rings is 1. The van der Waals surface area contributed by atoms with Gasteiger partial charge in [-0.15, -0.1) is 0 Å². The van der Waals surface area contributed by atoms with Gasteiger partial charge in [0.1, 0.15) is 24.1 Å². The summed E-state index contributed by atoms with van der Waals surface area (Å²) >= 11 is 11.1. The number of fused-ring (bicyclic) bond motifs is 2. The van der Waals surface area contributed by atoms with Crippen LogP contribution in [0.5, 0.6) is 0 Å². The molecule has 2 saturated heterocycles. The summed E-state index contributed by atoms with van der Waals surface area (Å²) in [4.78, 5) is 23.5. The third kappa shape index (κ3) is 3.19. The van der Waals surface area contributed by atoms with Crippen molar-refractivity contribution in [3.8, 4) is 11.4 Å². The quantitative estimate of drug-likeness (QED) is 0.486. The molecular formula is C16H15ClN5O5PS. The Labute approximate surface area is 174 Å². The van der Waals surface area contributed by atoms with Crippen LogP contribution in [0.15, 0.2) is 29.1 Å². The van der Waals surface area contributed by atoms with Crippen LogP contribution in [0.4, 0.5) is 5.95 Å². The van der Waals surface area contributed by atoms with Crippen LogP contribution in [0.25, 0.3) is 22.6 Å². The predicted molar refractivity (Wildman–Crippen MR) is 109 cm³/mol. The minimum atomic E-state index is -1.88. The van der Waals surface area contributed by atoms with E-state index in [1.54, 1.807) is 28.8 Å². The predicted octanol–water partition coefficient (Wildman–Crippen LogP) is 1.20. The van der Waals surface area contributed by atoms with Crippen LogP contribution in [0.3, 0.4) is 0 Å². The van der Waals surface area contributed by atoms with Gasteiger partial charge in [0.05, 0.1) is 6.61 Å². The van der Waals surface area contributed by atoms with Crippen molar-refractivity contribution in [2.75, 3.05) is 12.3 Å². The maximum absolute atomic E-state index is 12.4. The summed E-state index contributed by atoms with van der Waals surface area (Å²) < 4.78 is 18.6. The van der Waals surface area contributed by atoms with E-state index in [4.69, 9.17) is 42.9 Å². The molecule has 13 heteroatoms. The summed E-state index contributed by atoms with van der Waals surface area (Å²) in [5, 5.41) is 11.5. The monoisotopic (exact) mass is 455 g/mol. The molecule has 5 rings (SSSR count). The van der Waals surface area contributed by atoms with Crippen LogP contribution < -0.4 is 11.3 Å². The van der Waals surface area contributed by atoms with Gasteiger partial charge in [-0.3, -0.25) is 14.3 Å². The summed E-state index contributed by atoms with van der Waals surface area (Å²) in [5.74, 6) is 0.291. The van der Waals surface area contributed by atoms with Gasteiger partial charge in [0, 0.05) is 10.6 Å². The second kappa shape index (κ2) is 7.13. The topological polar surface area (TPSA) is 138 Å². The summed E-state index contributed by atoms with van der Waals surface area (Å²) in [6.07, 6.45) is -3.16. The standard InChI is InChI=1S/C16H15ClN5O5PS/c17-7-3-1-6(2-4-7)12-19-9-13(20-16(18)21-14(9)24)22(12)15-10(23)11-8(26-15)5-25-28(29)27-11/h1-4,8,10-11,15,23,28H,5H2,(H3,18,20,21,24)/t8?,10?,11-,15-/m1/s1. The second-order valence-electron chi connectivity index (χ2n) is 6.63. The number of hydrogen-bond donors (Lipinski definition) is 3. The van der Waals surface area contributed by atoms with Crippen LogP contribution in [0.2, 0.25) is 5.02 Å². The smallest absolute Gasteiger partial charge is 0.280 e. The molecule has 0 bridgehead atoms. The number of nitrogens with two attached hydrogens (primary N) is 1. The van der Waals surface area contributed by atoms with Crippen LogP contribution in [0, 0.1) is 0 Å². The number of rotatable bonds is 2. The molecule has 2 fully saturated rings. The number of nitrogen functional groups attached to an aromatic ring is 1. The maximum atomic E-state index is 12.4. The highest BCUT2D eigenvalue weighted by Gasteiger charge is 2.49. The Morgan fingerprint density at radius 1 is 1.34 bits per heavy atom. The van der Waals surface area contributed by atoms with E-state index >= 15 is 0 Å². The van der Waals surface area contributed by atoms with Gasteiger partial charge in [0.25, 0.3) is 5.56 Å².